The van der Waals surface area contributed by atoms with Gasteiger partial charge in [0.15, 0.2) is 0 Å². The SMILES string of the molecule is Cc1cc(-c2ccc3c4ccccc4c4ccccc4c3c2)c(C)cc1Br.Cc1cc(-c2cccc3ccccc23)c(C)cc1-c1ccc2c3ccccc3c3ccccc3c2c1.O[B]Oc1cccc2ccccc12. The van der Waals surface area contributed by atoms with Crippen molar-refractivity contribution in [2.45, 2.75) is 27.7 Å². The van der Waals surface area contributed by atoms with E-state index in [1.165, 1.54) is 136 Å². The van der Waals surface area contributed by atoms with Gasteiger partial charge in [-0.2, -0.15) is 0 Å². The number of halogens is 1. The lowest BCUT2D eigenvalue weighted by molar-refractivity contribution is 0.457. The van der Waals surface area contributed by atoms with Gasteiger partial charge in [0, 0.05) is 9.86 Å². The Kier molecular flexibility index (Phi) is 13.1. The van der Waals surface area contributed by atoms with Crippen molar-refractivity contribution in [1.82, 2.24) is 0 Å². The summed E-state index contributed by atoms with van der Waals surface area (Å²) in [6, 6.07) is 87.0. The van der Waals surface area contributed by atoms with Crippen molar-refractivity contribution in [3.8, 4) is 39.1 Å². The number of aryl methyl sites for hydroxylation is 4. The van der Waals surface area contributed by atoms with Crippen LogP contribution in [0.5, 0.6) is 5.75 Å². The van der Waals surface area contributed by atoms with Gasteiger partial charge in [-0.3, -0.25) is 0 Å². The quantitative estimate of drug-likeness (QED) is 0.137. The molecule has 0 spiro atoms. The Hall–Kier alpha value is -8.54. The fourth-order valence-corrected chi connectivity index (χ4v) is 11.9. The minimum Gasteiger partial charge on any atom is -0.537 e. The van der Waals surface area contributed by atoms with Crippen LogP contribution in [-0.2, 0) is 0 Å². The number of benzene rings is 14. The lowest BCUT2D eigenvalue weighted by Gasteiger charge is -2.16. The summed E-state index contributed by atoms with van der Waals surface area (Å²) < 4.78 is 6.12. The molecule has 14 aromatic carbocycles. The van der Waals surface area contributed by atoms with Crippen LogP contribution in [0.25, 0.3) is 120 Å². The highest BCUT2D eigenvalue weighted by molar-refractivity contribution is 9.10. The van der Waals surface area contributed by atoms with Gasteiger partial charge < -0.3 is 9.68 Å². The van der Waals surface area contributed by atoms with E-state index in [4.69, 9.17) is 9.68 Å². The highest BCUT2D eigenvalue weighted by Crippen LogP contribution is 2.41. The van der Waals surface area contributed by atoms with E-state index >= 15 is 0 Å². The van der Waals surface area contributed by atoms with E-state index in [0.717, 1.165) is 10.8 Å². The smallest absolute Gasteiger partial charge is 0.537 e. The molecule has 0 aromatic heterocycles. The first-order valence-corrected chi connectivity index (χ1v) is 26.7. The van der Waals surface area contributed by atoms with Crippen LogP contribution >= 0.6 is 15.9 Å². The maximum atomic E-state index is 8.53. The molecule has 0 atom stereocenters. The summed E-state index contributed by atoms with van der Waals surface area (Å²) in [5.41, 5.74) is 12.9. The van der Waals surface area contributed by atoms with Gasteiger partial charge >= 0.3 is 7.69 Å². The van der Waals surface area contributed by atoms with E-state index in [0.29, 0.717) is 13.4 Å². The Morgan fingerprint density at radius 2 is 0.632 bits per heavy atom. The summed E-state index contributed by atoms with van der Waals surface area (Å²) in [7, 11) is 0.696. The van der Waals surface area contributed by atoms with Crippen LogP contribution < -0.4 is 4.65 Å². The zero-order valence-corrected chi connectivity index (χ0v) is 44.5. The number of hydrogen-bond acceptors (Lipinski definition) is 2. The average Bonchev–Trinajstić information content (AvgIpc) is 3.53. The summed E-state index contributed by atoms with van der Waals surface area (Å²) >= 11 is 3.65. The largest absolute Gasteiger partial charge is 0.569 e. The van der Waals surface area contributed by atoms with Gasteiger partial charge in [0.25, 0.3) is 0 Å². The molecule has 363 valence electrons. The van der Waals surface area contributed by atoms with Crippen molar-refractivity contribution in [3.63, 3.8) is 0 Å². The normalized spacial score (nSPS) is 11.3. The molecular formula is C72H53BBrO2. The van der Waals surface area contributed by atoms with Crippen LogP contribution in [0.2, 0.25) is 0 Å². The Balaban J connectivity index is 0.000000127. The van der Waals surface area contributed by atoms with Crippen LogP contribution in [-0.4, -0.2) is 12.7 Å². The van der Waals surface area contributed by atoms with E-state index in [9.17, 15) is 0 Å². The van der Waals surface area contributed by atoms with Gasteiger partial charge in [-0.1, -0.05) is 234 Å². The third-order valence-corrected chi connectivity index (χ3v) is 16.1. The molecule has 0 amide bonds. The summed E-state index contributed by atoms with van der Waals surface area (Å²) in [6.07, 6.45) is 0. The molecule has 0 heterocycles. The molecule has 0 bridgehead atoms. The zero-order valence-electron chi connectivity index (χ0n) is 42.9. The van der Waals surface area contributed by atoms with Gasteiger partial charge in [0.2, 0.25) is 0 Å². The first-order chi connectivity index (χ1) is 37.2. The first kappa shape index (κ1) is 48.4. The highest BCUT2D eigenvalue weighted by atomic mass is 79.9. The van der Waals surface area contributed by atoms with Crippen LogP contribution in [0, 0.1) is 27.7 Å². The molecule has 0 aliphatic carbocycles. The van der Waals surface area contributed by atoms with Gasteiger partial charge in [0.1, 0.15) is 5.75 Å². The Morgan fingerprint density at radius 3 is 1.12 bits per heavy atom. The lowest BCUT2D eigenvalue weighted by atomic mass is 9.88. The van der Waals surface area contributed by atoms with Crippen molar-refractivity contribution in [1.29, 1.82) is 0 Å². The fourth-order valence-electron chi connectivity index (χ4n) is 11.5. The van der Waals surface area contributed by atoms with Crippen molar-refractivity contribution in [2.24, 2.45) is 0 Å². The molecule has 14 aromatic rings. The van der Waals surface area contributed by atoms with Crippen molar-refractivity contribution < 1.29 is 9.68 Å². The van der Waals surface area contributed by atoms with Crippen molar-refractivity contribution in [3.05, 3.63) is 269 Å². The molecule has 2 nitrogen and oxygen atoms in total. The second kappa shape index (κ2) is 20.6. The molecule has 1 radical (unpaired) electrons. The average molecular weight is 1040 g/mol. The molecule has 0 saturated heterocycles. The lowest BCUT2D eigenvalue weighted by Crippen LogP contribution is -1.99. The first-order valence-electron chi connectivity index (χ1n) is 25.9. The molecule has 1 N–H and O–H groups in total. The molecule has 0 aliphatic rings. The van der Waals surface area contributed by atoms with E-state index in [1.807, 2.05) is 42.5 Å². The van der Waals surface area contributed by atoms with Crippen LogP contribution in [0.15, 0.2) is 247 Å². The molecule has 0 unspecified atom stereocenters. The van der Waals surface area contributed by atoms with Crippen molar-refractivity contribution in [2.75, 3.05) is 0 Å². The molecule has 14 rings (SSSR count). The van der Waals surface area contributed by atoms with Gasteiger partial charge in [0.05, 0.1) is 0 Å². The second-order valence-corrected chi connectivity index (χ2v) is 20.7. The van der Waals surface area contributed by atoms with Gasteiger partial charge in [-0.25, -0.2) is 0 Å². The number of fused-ring (bicyclic) bond motifs is 14. The predicted octanol–water partition coefficient (Wildman–Crippen LogP) is 20.2. The third kappa shape index (κ3) is 8.94. The molecule has 4 heteroatoms. The van der Waals surface area contributed by atoms with Gasteiger partial charge in [-0.05, 0) is 188 Å². The molecule has 0 aliphatic heterocycles. The van der Waals surface area contributed by atoms with E-state index in [1.54, 1.807) is 0 Å². The van der Waals surface area contributed by atoms with Crippen LogP contribution in [0.1, 0.15) is 22.3 Å². The third-order valence-electron chi connectivity index (χ3n) is 15.2. The molecule has 76 heavy (non-hydrogen) atoms. The molecule has 0 saturated carbocycles. The minimum absolute atomic E-state index is 0.667. The van der Waals surface area contributed by atoms with Gasteiger partial charge in [-0.15, -0.1) is 0 Å². The number of hydrogen-bond donors (Lipinski definition) is 1. The maximum absolute atomic E-state index is 8.53. The summed E-state index contributed by atoms with van der Waals surface area (Å²) in [6.45, 7) is 8.81. The number of rotatable bonds is 5. The predicted molar refractivity (Wildman–Crippen MR) is 331 cm³/mol. The van der Waals surface area contributed by atoms with Crippen LogP contribution in [0.4, 0.5) is 0 Å². The van der Waals surface area contributed by atoms with Crippen LogP contribution in [0.3, 0.4) is 0 Å². The zero-order chi connectivity index (χ0) is 51.9. The van der Waals surface area contributed by atoms with Crippen molar-refractivity contribution >= 4 is 110 Å². The van der Waals surface area contributed by atoms with E-state index in [2.05, 4.69) is 244 Å². The summed E-state index contributed by atoms with van der Waals surface area (Å²) in [5.74, 6) is 0.667. The Bertz CT molecular complexity index is 4480. The Morgan fingerprint density at radius 1 is 0.289 bits per heavy atom. The molecule has 0 fully saturated rings. The summed E-state index contributed by atoms with van der Waals surface area (Å²) in [5, 5.41) is 29.0. The summed E-state index contributed by atoms with van der Waals surface area (Å²) in [4.78, 5) is 0. The maximum Gasteiger partial charge on any atom is 0.569 e. The second-order valence-electron chi connectivity index (χ2n) is 19.8. The minimum atomic E-state index is 0.667. The topological polar surface area (TPSA) is 29.5 Å². The molecular weight excluding hydrogens is 988 g/mol. The van der Waals surface area contributed by atoms with E-state index in [-0.39, 0.29) is 0 Å². The Labute approximate surface area is 452 Å². The monoisotopic (exact) mass is 1040 g/mol. The standard InChI is InChI=1S/C36H26.C26H19Br.C10H8BO2/c1-23-21-35(28-17-9-11-25-10-3-4-12-27(25)28)24(2)20-34(23)26-18-19-33-31-15-6-5-13-29(31)30-14-7-8-16-32(30)36(33)22-26;1-16-14-26(27)17(2)13-24(16)18-11-12-23-21-9-4-3-7-19(21)20-8-5-6-10-22(20)25(23)15-18;12-11-13-10-7-3-5-8-4-1-2-6-9(8)10/h3-22H,1-2H3;3-15H,1-2H3;1-7,12H. The highest BCUT2D eigenvalue weighted by Gasteiger charge is 2.15. The van der Waals surface area contributed by atoms with E-state index < -0.39 is 0 Å². The fraction of sp³-hybridized carbons (Fsp3) is 0.0556.